The molecule has 1 aromatic carbocycles. The molecule has 0 bridgehead atoms. The van der Waals surface area contributed by atoms with E-state index in [1.165, 1.54) is 26.4 Å². The van der Waals surface area contributed by atoms with E-state index in [1.807, 2.05) is 4.90 Å². The van der Waals surface area contributed by atoms with Crippen LogP contribution in [-0.4, -0.2) is 63.8 Å². The lowest BCUT2D eigenvalue weighted by molar-refractivity contribution is -0.141. The Morgan fingerprint density at radius 3 is 2.39 bits per heavy atom. The van der Waals surface area contributed by atoms with Gasteiger partial charge in [0.15, 0.2) is 0 Å². The highest BCUT2D eigenvalue weighted by molar-refractivity contribution is 7.92. The number of sulfonamides is 1. The Labute approximate surface area is 235 Å². The van der Waals surface area contributed by atoms with E-state index in [-0.39, 0.29) is 34.4 Å². The third-order valence-corrected chi connectivity index (χ3v) is 8.00. The molecule has 0 unspecified atom stereocenters. The van der Waals surface area contributed by atoms with Crippen LogP contribution < -0.4 is 24.0 Å². The summed E-state index contributed by atoms with van der Waals surface area (Å²) in [6.45, 7) is 4.72. The topological polar surface area (TPSA) is 134 Å². The second kappa shape index (κ2) is 11.7. The minimum atomic E-state index is -4.59. The SMILES string of the molecule is COc1ccc(OC)c(S(=O)(=O)Nc2c(C)nc(N3CCCN(c4nccc(C(F)(F)F)n4)CC3)c(C#N)c2C)c1. The summed E-state index contributed by atoms with van der Waals surface area (Å²) in [6.07, 6.45) is -2.97. The number of ether oxygens (including phenoxy) is 2. The quantitative estimate of drug-likeness (QED) is 0.431. The molecule has 0 saturated carbocycles. The summed E-state index contributed by atoms with van der Waals surface area (Å²) < 4.78 is 79.2. The van der Waals surface area contributed by atoms with Crippen LogP contribution in [0.25, 0.3) is 0 Å². The molecule has 1 aliphatic rings. The smallest absolute Gasteiger partial charge is 0.433 e. The third-order valence-electron chi connectivity index (χ3n) is 6.63. The molecule has 218 valence electrons. The Bertz CT molecular complexity index is 1590. The molecule has 41 heavy (non-hydrogen) atoms. The fraction of sp³-hybridized carbons (Fsp3) is 0.385. The maximum Gasteiger partial charge on any atom is 0.433 e. The Balaban J connectivity index is 1.62. The van der Waals surface area contributed by atoms with Gasteiger partial charge in [-0.05, 0) is 44.0 Å². The minimum Gasteiger partial charge on any atom is -0.497 e. The Morgan fingerprint density at radius 1 is 1.02 bits per heavy atom. The van der Waals surface area contributed by atoms with Crippen molar-refractivity contribution in [3.05, 3.63) is 53.0 Å². The number of hydrogen-bond acceptors (Lipinski definition) is 10. The van der Waals surface area contributed by atoms with Gasteiger partial charge in [0.25, 0.3) is 10.0 Å². The molecule has 0 atom stereocenters. The van der Waals surface area contributed by atoms with E-state index in [4.69, 9.17) is 9.47 Å². The summed E-state index contributed by atoms with van der Waals surface area (Å²) in [5.74, 6) is 0.755. The van der Waals surface area contributed by atoms with Gasteiger partial charge in [-0.25, -0.2) is 23.4 Å². The second-order valence-corrected chi connectivity index (χ2v) is 10.8. The van der Waals surface area contributed by atoms with Crippen molar-refractivity contribution in [3.63, 3.8) is 0 Å². The lowest BCUT2D eigenvalue weighted by atomic mass is 10.1. The monoisotopic (exact) mass is 591 g/mol. The molecule has 15 heteroatoms. The van der Waals surface area contributed by atoms with E-state index in [0.717, 1.165) is 12.3 Å². The zero-order valence-corrected chi connectivity index (χ0v) is 23.6. The molecule has 11 nitrogen and oxygen atoms in total. The molecule has 0 aliphatic carbocycles. The van der Waals surface area contributed by atoms with Crippen LogP contribution in [-0.2, 0) is 16.2 Å². The molecular weight excluding hydrogens is 563 g/mol. The Hall–Kier alpha value is -4.32. The number of anilines is 3. The predicted octanol–water partition coefficient (Wildman–Crippen LogP) is 3.91. The van der Waals surface area contributed by atoms with E-state index >= 15 is 0 Å². The van der Waals surface area contributed by atoms with Gasteiger partial charge in [-0.2, -0.15) is 18.4 Å². The van der Waals surface area contributed by atoms with Crippen molar-refractivity contribution in [2.45, 2.75) is 31.3 Å². The van der Waals surface area contributed by atoms with Crippen LogP contribution in [0.5, 0.6) is 11.5 Å². The number of pyridine rings is 1. The number of aromatic nitrogens is 3. The fourth-order valence-corrected chi connectivity index (χ4v) is 5.89. The number of nitrogens with zero attached hydrogens (tertiary/aromatic N) is 6. The number of aryl methyl sites for hydroxylation is 1. The van der Waals surface area contributed by atoms with Crippen LogP contribution in [0.1, 0.15) is 28.9 Å². The summed E-state index contributed by atoms with van der Waals surface area (Å²) in [4.78, 5) is 15.7. The van der Waals surface area contributed by atoms with Gasteiger partial charge >= 0.3 is 6.18 Å². The number of nitrogens with one attached hydrogen (secondary N) is 1. The molecule has 0 spiro atoms. The first kappa shape index (κ1) is 29.7. The molecular formula is C26H28F3N7O4S. The van der Waals surface area contributed by atoms with Crippen molar-refractivity contribution in [1.82, 2.24) is 15.0 Å². The summed E-state index contributed by atoms with van der Waals surface area (Å²) in [5.41, 5.74) is 0.0264. The van der Waals surface area contributed by atoms with Crippen molar-refractivity contribution >= 4 is 27.5 Å². The molecule has 1 fully saturated rings. The van der Waals surface area contributed by atoms with Crippen molar-refractivity contribution in [2.75, 3.05) is 54.9 Å². The second-order valence-electron chi connectivity index (χ2n) is 9.20. The molecule has 4 rings (SSSR count). The van der Waals surface area contributed by atoms with Gasteiger partial charge in [0.2, 0.25) is 5.95 Å². The van der Waals surface area contributed by atoms with Crippen LogP contribution in [0.3, 0.4) is 0 Å². The number of alkyl halides is 3. The van der Waals surface area contributed by atoms with Crippen molar-refractivity contribution in [3.8, 4) is 17.6 Å². The molecule has 3 heterocycles. The van der Waals surface area contributed by atoms with E-state index in [2.05, 4.69) is 25.7 Å². The summed E-state index contributed by atoms with van der Waals surface area (Å²) in [5, 5.41) is 10.1. The van der Waals surface area contributed by atoms with Gasteiger partial charge in [0.05, 0.1) is 31.2 Å². The highest BCUT2D eigenvalue weighted by Gasteiger charge is 2.33. The van der Waals surface area contributed by atoms with E-state index in [0.29, 0.717) is 48.9 Å². The summed E-state index contributed by atoms with van der Waals surface area (Å²) in [7, 11) is -1.41. The van der Waals surface area contributed by atoms with Crippen molar-refractivity contribution in [1.29, 1.82) is 5.26 Å². The van der Waals surface area contributed by atoms with Gasteiger partial charge in [-0.15, -0.1) is 0 Å². The lowest BCUT2D eigenvalue weighted by Crippen LogP contribution is -2.33. The van der Waals surface area contributed by atoms with Crippen LogP contribution >= 0.6 is 0 Å². The first-order valence-electron chi connectivity index (χ1n) is 12.5. The Morgan fingerprint density at radius 2 is 1.73 bits per heavy atom. The zero-order valence-electron chi connectivity index (χ0n) is 22.8. The average molecular weight is 592 g/mol. The number of methoxy groups -OCH3 is 2. The molecule has 3 aromatic rings. The Kier molecular flexibility index (Phi) is 8.43. The van der Waals surface area contributed by atoms with Gasteiger partial charge in [0.1, 0.15) is 34.0 Å². The van der Waals surface area contributed by atoms with Crippen LogP contribution in [0, 0.1) is 25.2 Å². The van der Waals surface area contributed by atoms with E-state index < -0.39 is 21.9 Å². The highest BCUT2D eigenvalue weighted by atomic mass is 32.2. The maximum atomic E-state index is 13.4. The molecule has 0 amide bonds. The molecule has 1 aliphatic heterocycles. The zero-order chi connectivity index (χ0) is 29.9. The minimum absolute atomic E-state index is 0.0276. The molecule has 1 N–H and O–H groups in total. The number of nitriles is 1. The number of halogens is 3. The number of hydrogen-bond donors (Lipinski definition) is 1. The number of benzene rings is 1. The normalized spacial score (nSPS) is 14.3. The molecule has 1 saturated heterocycles. The van der Waals surface area contributed by atoms with Crippen molar-refractivity contribution in [2.24, 2.45) is 0 Å². The van der Waals surface area contributed by atoms with Crippen LogP contribution in [0.2, 0.25) is 0 Å². The standard InChI is InChI=1S/C26H28F3N7O4S/c1-16-19(15-30)24(35-10-5-11-36(13-12-35)25-31-9-8-22(33-25)26(27,28)29)32-17(2)23(16)34-41(37,38)21-14-18(39-3)6-7-20(21)40-4/h6-9,14,34H,5,10-13H2,1-4H3. The van der Waals surface area contributed by atoms with Gasteiger partial charge in [-0.1, -0.05) is 0 Å². The first-order chi connectivity index (χ1) is 19.4. The largest absolute Gasteiger partial charge is 0.497 e. The van der Waals surface area contributed by atoms with Gasteiger partial charge in [0, 0.05) is 38.4 Å². The van der Waals surface area contributed by atoms with E-state index in [9.17, 15) is 26.9 Å². The summed E-state index contributed by atoms with van der Waals surface area (Å²) in [6, 6.07) is 7.33. The van der Waals surface area contributed by atoms with Gasteiger partial charge in [-0.3, -0.25) is 4.72 Å². The maximum absolute atomic E-state index is 13.4. The van der Waals surface area contributed by atoms with Crippen LogP contribution in [0.4, 0.5) is 30.6 Å². The average Bonchev–Trinajstić information content (AvgIpc) is 3.20. The van der Waals surface area contributed by atoms with Crippen molar-refractivity contribution < 1.29 is 31.1 Å². The van der Waals surface area contributed by atoms with Crippen LogP contribution in [0.15, 0.2) is 35.4 Å². The number of rotatable bonds is 7. The first-order valence-corrected chi connectivity index (χ1v) is 13.9. The third kappa shape index (κ3) is 6.22. The lowest BCUT2D eigenvalue weighted by Gasteiger charge is -2.26. The fourth-order valence-electron chi connectivity index (χ4n) is 4.52. The van der Waals surface area contributed by atoms with Gasteiger partial charge < -0.3 is 19.3 Å². The molecule has 2 aromatic heterocycles. The molecule has 0 radical (unpaired) electrons. The highest BCUT2D eigenvalue weighted by Crippen LogP contribution is 2.35. The van der Waals surface area contributed by atoms with E-state index in [1.54, 1.807) is 24.8 Å². The predicted molar refractivity (Wildman–Crippen MR) is 145 cm³/mol. The summed E-state index contributed by atoms with van der Waals surface area (Å²) >= 11 is 0.